The number of alkyl halides is 3. The van der Waals surface area contributed by atoms with E-state index in [-0.39, 0.29) is 0 Å². The first-order valence-electron chi connectivity index (χ1n) is 4.90. The predicted molar refractivity (Wildman–Crippen MR) is 59.9 cm³/mol. The van der Waals surface area contributed by atoms with E-state index >= 15 is 0 Å². The molecule has 0 amide bonds. The van der Waals surface area contributed by atoms with Crippen LogP contribution in [0.4, 0.5) is 19.0 Å². The number of hydrogen-bond acceptors (Lipinski definition) is 3. The Labute approximate surface area is 104 Å². The summed E-state index contributed by atoms with van der Waals surface area (Å²) >= 11 is 3.26. The molecule has 1 saturated heterocycles. The molecule has 0 atom stereocenters. The van der Waals surface area contributed by atoms with Gasteiger partial charge in [-0.05, 0) is 35.0 Å². The predicted octanol–water partition coefficient (Wildman–Crippen LogP) is 2.27. The smallest absolute Gasteiger partial charge is 0.378 e. The molecule has 1 fully saturated rings. The van der Waals surface area contributed by atoms with Gasteiger partial charge in [0.25, 0.3) is 0 Å². The van der Waals surface area contributed by atoms with Gasteiger partial charge in [0, 0.05) is 4.47 Å². The number of β-amino-alcohol motifs (C(OH)–C–C–N with tert-alkyl or cyclic N) is 1. The van der Waals surface area contributed by atoms with Crippen molar-refractivity contribution >= 4 is 21.7 Å². The molecule has 1 aromatic heterocycles. The molecule has 2 heterocycles. The van der Waals surface area contributed by atoms with E-state index in [1.54, 1.807) is 19.1 Å². The van der Waals surface area contributed by atoms with Crippen LogP contribution < -0.4 is 4.90 Å². The van der Waals surface area contributed by atoms with Gasteiger partial charge in [-0.1, -0.05) is 0 Å². The van der Waals surface area contributed by atoms with Crippen molar-refractivity contribution in [3.63, 3.8) is 0 Å². The van der Waals surface area contributed by atoms with Crippen LogP contribution in [0.5, 0.6) is 0 Å². The lowest BCUT2D eigenvalue weighted by Crippen LogP contribution is -2.69. The lowest BCUT2D eigenvalue weighted by Gasteiger charge is -2.47. The second-order valence-corrected chi connectivity index (χ2v) is 4.98. The largest absolute Gasteiger partial charge is 0.420 e. The maximum atomic E-state index is 12.4. The summed E-state index contributed by atoms with van der Waals surface area (Å²) in [7, 11) is 0. The standard InChI is InChI=1S/C10H10BrF3N2O/c1-6-7(11)2-3-8(15-6)16-4-9(17,5-16)10(12,13)14/h2-3,17H,4-5H2,1H3. The van der Waals surface area contributed by atoms with E-state index in [0.717, 1.165) is 4.47 Å². The highest BCUT2D eigenvalue weighted by molar-refractivity contribution is 9.10. The van der Waals surface area contributed by atoms with Gasteiger partial charge in [0.15, 0.2) is 5.60 Å². The minimum atomic E-state index is -4.59. The fraction of sp³-hybridized carbons (Fsp3) is 0.500. The SMILES string of the molecule is Cc1nc(N2CC(O)(C(F)(F)F)C2)ccc1Br. The maximum absolute atomic E-state index is 12.4. The Morgan fingerprint density at radius 1 is 1.41 bits per heavy atom. The summed E-state index contributed by atoms with van der Waals surface area (Å²) in [4.78, 5) is 5.54. The fourth-order valence-electron chi connectivity index (χ4n) is 1.63. The highest BCUT2D eigenvalue weighted by Crippen LogP contribution is 2.39. The normalized spacial score (nSPS) is 19.1. The quantitative estimate of drug-likeness (QED) is 0.864. The van der Waals surface area contributed by atoms with E-state index < -0.39 is 24.9 Å². The van der Waals surface area contributed by atoms with Crippen molar-refractivity contribution < 1.29 is 18.3 Å². The number of aliphatic hydroxyl groups is 1. The van der Waals surface area contributed by atoms with Crippen molar-refractivity contribution in [2.24, 2.45) is 0 Å². The number of rotatable bonds is 1. The van der Waals surface area contributed by atoms with Crippen LogP contribution in [-0.2, 0) is 0 Å². The number of anilines is 1. The summed E-state index contributed by atoms with van der Waals surface area (Å²) in [6.45, 7) is 0.818. The van der Waals surface area contributed by atoms with Crippen LogP contribution in [0.2, 0.25) is 0 Å². The van der Waals surface area contributed by atoms with E-state index in [2.05, 4.69) is 20.9 Å². The molecule has 7 heteroatoms. The highest BCUT2D eigenvalue weighted by atomic mass is 79.9. The second kappa shape index (κ2) is 3.84. The molecule has 0 bridgehead atoms. The Morgan fingerprint density at radius 3 is 2.47 bits per heavy atom. The van der Waals surface area contributed by atoms with E-state index in [9.17, 15) is 18.3 Å². The molecular formula is C10H10BrF3N2O. The van der Waals surface area contributed by atoms with E-state index in [0.29, 0.717) is 11.5 Å². The number of aryl methyl sites for hydroxylation is 1. The molecule has 1 N–H and O–H groups in total. The first-order chi connectivity index (χ1) is 7.73. The third-order valence-electron chi connectivity index (χ3n) is 2.76. The van der Waals surface area contributed by atoms with Gasteiger partial charge in [-0.25, -0.2) is 4.98 Å². The Morgan fingerprint density at radius 2 is 2.00 bits per heavy atom. The Bertz CT molecular complexity index is 444. The minimum Gasteiger partial charge on any atom is -0.378 e. The molecule has 94 valence electrons. The highest BCUT2D eigenvalue weighted by Gasteiger charge is 2.61. The van der Waals surface area contributed by atoms with Gasteiger partial charge in [0.2, 0.25) is 0 Å². The number of nitrogens with zero attached hydrogens (tertiary/aromatic N) is 2. The lowest BCUT2D eigenvalue weighted by atomic mass is 9.93. The van der Waals surface area contributed by atoms with E-state index in [1.807, 2.05) is 0 Å². The van der Waals surface area contributed by atoms with Crippen molar-refractivity contribution in [3.8, 4) is 0 Å². The van der Waals surface area contributed by atoms with Gasteiger partial charge in [-0.3, -0.25) is 0 Å². The zero-order valence-corrected chi connectivity index (χ0v) is 10.5. The van der Waals surface area contributed by atoms with Crippen molar-refractivity contribution in [2.75, 3.05) is 18.0 Å². The molecule has 0 aromatic carbocycles. The molecule has 0 unspecified atom stereocenters. The number of aromatic nitrogens is 1. The summed E-state index contributed by atoms with van der Waals surface area (Å²) in [5, 5.41) is 9.30. The fourth-order valence-corrected chi connectivity index (χ4v) is 1.85. The van der Waals surface area contributed by atoms with Gasteiger partial charge in [-0.2, -0.15) is 13.2 Å². The molecule has 0 saturated carbocycles. The number of hydrogen-bond donors (Lipinski definition) is 1. The first-order valence-corrected chi connectivity index (χ1v) is 5.69. The first kappa shape index (κ1) is 12.6. The van der Waals surface area contributed by atoms with E-state index in [4.69, 9.17) is 0 Å². The molecule has 0 spiro atoms. The van der Waals surface area contributed by atoms with E-state index in [1.165, 1.54) is 4.90 Å². The average molecular weight is 311 g/mol. The summed E-state index contributed by atoms with van der Waals surface area (Å²) in [6, 6.07) is 3.34. The molecule has 0 aliphatic carbocycles. The van der Waals surface area contributed by atoms with Crippen LogP contribution >= 0.6 is 15.9 Å². The molecule has 17 heavy (non-hydrogen) atoms. The monoisotopic (exact) mass is 310 g/mol. The third kappa shape index (κ3) is 2.13. The zero-order valence-electron chi connectivity index (χ0n) is 8.92. The summed E-state index contributed by atoms with van der Waals surface area (Å²) in [5.74, 6) is 0.444. The molecule has 1 aliphatic rings. The van der Waals surface area contributed by atoms with Crippen molar-refractivity contribution in [2.45, 2.75) is 18.7 Å². The second-order valence-electron chi connectivity index (χ2n) is 4.12. The van der Waals surface area contributed by atoms with Crippen molar-refractivity contribution in [1.29, 1.82) is 0 Å². The third-order valence-corrected chi connectivity index (χ3v) is 3.60. The van der Waals surface area contributed by atoms with Crippen molar-refractivity contribution in [1.82, 2.24) is 4.98 Å². The average Bonchev–Trinajstić information content (AvgIpc) is 2.16. The molecule has 1 aromatic rings. The van der Waals surface area contributed by atoms with Crippen LogP contribution in [0.1, 0.15) is 5.69 Å². The van der Waals surface area contributed by atoms with Crippen molar-refractivity contribution in [3.05, 3.63) is 22.3 Å². The maximum Gasteiger partial charge on any atom is 0.420 e. The molecule has 1 aliphatic heterocycles. The summed E-state index contributed by atoms with van der Waals surface area (Å²) in [5.41, 5.74) is -1.90. The van der Waals surface area contributed by atoms with Gasteiger partial charge < -0.3 is 10.0 Å². The number of pyridine rings is 1. The molecule has 0 radical (unpaired) electrons. The molecular weight excluding hydrogens is 301 g/mol. The van der Waals surface area contributed by atoms with Gasteiger partial charge in [-0.15, -0.1) is 0 Å². The van der Waals surface area contributed by atoms with Crippen LogP contribution in [-0.4, -0.2) is 35.0 Å². The zero-order chi connectivity index (χ0) is 12.8. The number of halogens is 4. The van der Waals surface area contributed by atoms with Crippen LogP contribution in [0, 0.1) is 6.92 Å². The van der Waals surface area contributed by atoms with Crippen LogP contribution in [0.3, 0.4) is 0 Å². The Balaban J connectivity index is 2.12. The van der Waals surface area contributed by atoms with Gasteiger partial charge >= 0.3 is 6.18 Å². The van der Waals surface area contributed by atoms with Crippen LogP contribution in [0.25, 0.3) is 0 Å². The van der Waals surface area contributed by atoms with Gasteiger partial charge in [0.05, 0.1) is 18.8 Å². The molecule has 2 rings (SSSR count). The summed E-state index contributed by atoms with van der Waals surface area (Å²) in [6.07, 6.45) is -4.59. The lowest BCUT2D eigenvalue weighted by molar-refractivity contribution is -0.267. The topological polar surface area (TPSA) is 36.4 Å². The van der Waals surface area contributed by atoms with Crippen LogP contribution in [0.15, 0.2) is 16.6 Å². The Hall–Kier alpha value is -0.820. The van der Waals surface area contributed by atoms with Gasteiger partial charge in [0.1, 0.15) is 5.82 Å². The molecule has 3 nitrogen and oxygen atoms in total. The Kier molecular flexibility index (Phi) is 2.86. The minimum absolute atomic E-state index is 0.444. The summed E-state index contributed by atoms with van der Waals surface area (Å²) < 4.78 is 38.0.